The predicted molar refractivity (Wildman–Crippen MR) is 92.3 cm³/mol. The van der Waals surface area contributed by atoms with Crippen LogP contribution < -0.4 is 10.3 Å². The van der Waals surface area contributed by atoms with Crippen LogP contribution in [0.2, 0.25) is 0 Å². The van der Waals surface area contributed by atoms with Crippen molar-refractivity contribution in [1.82, 2.24) is 0 Å². The number of aromatic carboxylic acids is 1. The first-order valence-electron chi connectivity index (χ1n) is 6.35. The molecule has 3 rings (SSSR count). The van der Waals surface area contributed by atoms with Crippen molar-refractivity contribution in [2.24, 2.45) is 0 Å². The van der Waals surface area contributed by atoms with Crippen molar-refractivity contribution in [2.45, 2.75) is 4.90 Å². The third-order valence-electron chi connectivity index (χ3n) is 3.03. The van der Waals surface area contributed by atoms with Gasteiger partial charge in [0.05, 0.1) is 3.79 Å². The number of halogens is 1. The van der Waals surface area contributed by atoms with Gasteiger partial charge < -0.3 is 9.52 Å². The van der Waals surface area contributed by atoms with Crippen molar-refractivity contribution in [3.8, 4) is 0 Å². The zero-order valence-electron chi connectivity index (χ0n) is 11.6. The average Bonchev–Trinajstić information content (AvgIpc) is 2.90. The van der Waals surface area contributed by atoms with Crippen molar-refractivity contribution in [2.75, 3.05) is 4.72 Å². The lowest BCUT2D eigenvalue weighted by Gasteiger charge is -2.07. The first-order valence-corrected chi connectivity index (χ1v) is 9.45. The number of benzene rings is 1. The molecule has 24 heavy (non-hydrogen) atoms. The summed E-state index contributed by atoms with van der Waals surface area (Å²) in [5.74, 6) is -1.21. The van der Waals surface area contributed by atoms with E-state index in [-0.39, 0.29) is 19.2 Å². The van der Waals surface area contributed by atoms with Crippen LogP contribution in [0.25, 0.3) is 11.0 Å². The van der Waals surface area contributed by atoms with Crippen molar-refractivity contribution < 1.29 is 22.7 Å². The predicted octanol–water partition coefficient (Wildman–Crippen LogP) is 3.12. The Balaban J connectivity index is 1.99. The summed E-state index contributed by atoms with van der Waals surface area (Å²) in [6, 6.07) is 8.26. The number of carboxylic acids is 1. The minimum Gasteiger partial charge on any atom is -0.477 e. The maximum atomic E-state index is 12.4. The van der Waals surface area contributed by atoms with E-state index < -0.39 is 21.6 Å². The molecule has 0 spiro atoms. The topological polar surface area (TPSA) is 114 Å². The largest absolute Gasteiger partial charge is 0.477 e. The summed E-state index contributed by atoms with van der Waals surface area (Å²) in [4.78, 5) is 21.9. The van der Waals surface area contributed by atoms with E-state index in [1.165, 1.54) is 30.3 Å². The fourth-order valence-electron chi connectivity index (χ4n) is 1.99. The molecule has 0 fully saturated rings. The molecule has 0 atom stereocenters. The number of sulfonamides is 1. The molecular formula is C14H8BrNO6S2. The fraction of sp³-hybridized carbons (Fsp3) is 0. The van der Waals surface area contributed by atoms with Gasteiger partial charge in [-0.2, -0.15) is 0 Å². The van der Waals surface area contributed by atoms with E-state index in [9.17, 15) is 18.0 Å². The van der Waals surface area contributed by atoms with Crippen LogP contribution in [0.3, 0.4) is 0 Å². The number of rotatable bonds is 4. The molecule has 10 heteroatoms. The molecule has 0 amide bonds. The highest BCUT2D eigenvalue weighted by Gasteiger charge is 2.23. The molecule has 3 aromatic rings. The van der Waals surface area contributed by atoms with Crippen molar-refractivity contribution in [3.63, 3.8) is 0 Å². The lowest BCUT2D eigenvalue weighted by atomic mass is 10.2. The van der Waals surface area contributed by atoms with Gasteiger partial charge in [-0.05, 0) is 46.3 Å². The van der Waals surface area contributed by atoms with Crippen LogP contribution in [0, 0.1) is 0 Å². The minimum atomic E-state index is -3.98. The number of carbonyl (C=O) groups is 1. The van der Waals surface area contributed by atoms with Crippen LogP contribution in [0.15, 0.2) is 54.3 Å². The number of thiophene rings is 1. The molecule has 0 unspecified atom stereocenters. The smallest absolute Gasteiger partial charge is 0.345 e. The molecule has 0 aliphatic heterocycles. The van der Waals surface area contributed by atoms with Gasteiger partial charge in [0.1, 0.15) is 15.4 Å². The molecule has 0 saturated heterocycles. The Morgan fingerprint density at radius 3 is 2.62 bits per heavy atom. The Bertz CT molecular complexity index is 1120. The monoisotopic (exact) mass is 429 g/mol. The fourth-order valence-corrected chi connectivity index (χ4v) is 5.44. The van der Waals surface area contributed by atoms with Crippen LogP contribution >= 0.6 is 27.3 Å². The van der Waals surface area contributed by atoms with Crippen LogP contribution in [0.5, 0.6) is 0 Å². The third kappa shape index (κ3) is 3.21. The summed E-state index contributed by atoms with van der Waals surface area (Å²) in [5.41, 5.74) is 0.0842. The van der Waals surface area contributed by atoms with E-state index in [4.69, 9.17) is 9.52 Å². The van der Waals surface area contributed by atoms with E-state index in [2.05, 4.69) is 20.7 Å². The second-order valence-corrected chi connectivity index (χ2v) is 8.69. The van der Waals surface area contributed by atoms with E-state index in [0.717, 1.165) is 17.4 Å². The van der Waals surface area contributed by atoms with E-state index >= 15 is 0 Å². The van der Waals surface area contributed by atoms with Crippen molar-refractivity contribution >= 4 is 59.9 Å². The first kappa shape index (κ1) is 16.7. The Morgan fingerprint density at radius 1 is 1.21 bits per heavy atom. The van der Waals surface area contributed by atoms with Gasteiger partial charge in [0, 0.05) is 17.1 Å². The second-order valence-electron chi connectivity index (χ2n) is 4.67. The van der Waals surface area contributed by atoms with Gasteiger partial charge in [-0.1, -0.05) is 0 Å². The molecule has 2 aromatic heterocycles. The molecule has 1 aromatic carbocycles. The summed E-state index contributed by atoms with van der Waals surface area (Å²) in [5, 5.41) is 9.50. The van der Waals surface area contributed by atoms with E-state index in [0.29, 0.717) is 11.0 Å². The third-order valence-corrected chi connectivity index (χ3v) is 6.65. The summed E-state index contributed by atoms with van der Waals surface area (Å²) >= 11 is 3.88. The number of nitrogens with one attached hydrogen (secondary N) is 1. The van der Waals surface area contributed by atoms with E-state index in [1.54, 1.807) is 0 Å². The Hall–Kier alpha value is -2.17. The maximum absolute atomic E-state index is 12.4. The molecule has 124 valence electrons. The first-order chi connectivity index (χ1) is 11.3. The van der Waals surface area contributed by atoms with Gasteiger partial charge in [0.25, 0.3) is 10.0 Å². The van der Waals surface area contributed by atoms with Crippen molar-refractivity contribution in [3.05, 3.63) is 55.5 Å². The maximum Gasteiger partial charge on any atom is 0.345 e. The van der Waals surface area contributed by atoms with Crippen LogP contribution in [-0.4, -0.2) is 19.5 Å². The Morgan fingerprint density at radius 2 is 1.96 bits per heavy atom. The normalized spacial score (nSPS) is 11.5. The molecular weight excluding hydrogens is 422 g/mol. The second kappa shape index (κ2) is 6.04. The highest BCUT2D eigenvalue weighted by molar-refractivity contribution is 9.11. The molecule has 0 radical (unpaired) electrons. The zero-order chi connectivity index (χ0) is 17.5. The lowest BCUT2D eigenvalue weighted by molar-refractivity contribution is 0.0702. The molecule has 2 heterocycles. The van der Waals surface area contributed by atoms with Gasteiger partial charge in [0.15, 0.2) is 0 Å². The highest BCUT2D eigenvalue weighted by Crippen LogP contribution is 2.33. The zero-order valence-corrected chi connectivity index (χ0v) is 14.9. The van der Waals surface area contributed by atoms with Crippen molar-refractivity contribution in [1.29, 1.82) is 0 Å². The SMILES string of the molecule is O=C(O)c1cc(S(=O)(=O)Nc2ccc3oc(=O)ccc3c2)c(Br)s1. The molecule has 0 aliphatic carbocycles. The van der Waals surface area contributed by atoms with Gasteiger partial charge in [-0.15, -0.1) is 11.3 Å². The van der Waals surface area contributed by atoms with Gasteiger partial charge in [-0.25, -0.2) is 18.0 Å². The highest BCUT2D eigenvalue weighted by atomic mass is 79.9. The van der Waals surface area contributed by atoms with Gasteiger partial charge in [0.2, 0.25) is 0 Å². The summed E-state index contributed by atoms with van der Waals surface area (Å²) in [7, 11) is -3.98. The van der Waals surface area contributed by atoms with E-state index in [1.807, 2.05) is 0 Å². The number of anilines is 1. The summed E-state index contributed by atoms with van der Waals surface area (Å²) in [6.45, 7) is 0. The Kier molecular flexibility index (Phi) is 4.20. The number of hydrogen-bond acceptors (Lipinski definition) is 6. The molecule has 2 N–H and O–H groups in total. The molecule has 0 bridgehead atoms. The number of carboxylic acid groups (broad SMARTS) is 1. The Labute approximate surface area is 147 Å². The summed E-state index contributed by atoms with van der Waals surface area (Å²) in [6.07, 6.45) is 0. The molecule has 0 aliphatic rings. The van der Waals surface area contributed by atoms with Crippen LogP contribution in [0.4, 0.5) is 5.69 Å². The van der Waals surface area contributed by atoms with Gasteiger partial charge in [-0.3, -0.25) is 4.72 Å². The number of hydrogen-bond donors (Lipinski definition) is 2. The number of fused-ring (bicyclic) bond motifs is 1. The lowest BCUT2D eigenvalue weighted by Crippen LogP contribution is -2.12. The quantitative estimate of drug-likeness (QED) is 0.615. The average molecular weight is 430 g/mol. The van der Waals surface area contributed by atoms with Crippen LogP contribution in [-0.2, 0) is 10.0 Å². The van der Waals surface area contributed by atoms with Gasteiger partial charge >= 0.3 is 11.6 Å². The minimum absolute atomic E-state index is 0.0949. The van der Waals surface area contributed by atoms with Crippen LogP contribution in [0.1, 0.15) is 9.67 Å². The molecule has 7 nitrogen and oxygen atoms in total. The standard InChI is InChI=1S/C14H8BrNO6S2/c15-13-11(6-10(23-13)14(18)19)24(20,21)16-8-2-3-9-7(5-8)1-4-12(17)22-9/h1-6,16H,(H,18,19). The summed E-state index contributed by atoms with van der Waals surface area (Å²) < 4.78 is 32.4. The molecule has 0 saturated carbocycles.